The van der Waals surface area contributed by atoms with E-state index in [0.717, 1.165) is 11.1 Å². The van der Waals surface area contributed by atoms with Gasteiger partial charge in [-0.3, -0.25) is 0 Å². The summed E-state index contributed by atoms with van der Waals surface area (Å²) in [5, 5.41) is 13.5. The molecule has 0 atom stereocenters. The number of nitrogens with zero attached hydrogens (tertiary/aromatic N) is 2. The van der Waals surface area contributed by atoms with Crippen LogP contribution < -0.4 is 5.32 Å². The van der Waals surface area contributed by atoms with Crippen molar-refractivity contribution in [3.8, 4) is 5.75 Å². The number of hydrogen-bond acceptors (Lipinski definition) is 7. The van der Waals surface area contributed by atoms with E-state index in [0.29, 0.717) is 5.82 Å². The number of fused-ring (bicyclic) bond motifs is 1. The van der Waals surface area contributed by atoms with Crippen LogP contribution in [0.25, 0.3) is 11.6 Å². The minimum atomic E-state index is -0.640. The third kappa shape index (κ3) is 3.26. The second kappa shape index (κ2) is 6.80. The van der Waals surface area contributed by atoms with Crippen molar-refractivity contribution in [2.75, 3.05) is 11.9 Å². The molecule has 0 aliphatic carbocycles. The predicted octanol–water partition coefficient (Wildman–Crippen LogP) is 3.63. The van der Waals surface area contributed by atoms with Gasteiger partial charge in [0.05, 0.1) is 6.61 Å². The van der Waals surface area contributed by atoms with Crippen molar-refractivity contribution < 1.29 is 19.1 Å². The quantitative estimate of drug-likeness (QED) is 0.806. The fourth-order valence-corrected chi connectivity index (χ4v) is 2.48. The molecule has 7 nitrogen and oxygen atoms in total. The first kappa shape index (κ1) is 16.8. The Morgan fingerprint density at radius 1 is 1.48 bits per heavy atom. The number of hydrogen-bond donors (Lipinski definition) is 2. The zero-order valence-corrected chi connectivity index (χ0v) is 14.2. The van der Waals surface area contributed by atoms with Crippen LogP contribution >= 0.6 is 0 Å². The summed E-state index contributed by atoms with van der Waals surface area (Å²) in [6.07, 6.45) is 4.92. The molecule has 0 bridgehead atoms. The second-order valence-electron chi connectivity index (χ2n) is 5.77. The minimum Gasteiger partial charge on any atom is -0.504 e. The molecule has 3 rings (SSSR count). The summed E-state index contributed by atoms with van der Waals surface area (Å²) in [6.45, 7) is 5.70. The topological polar surface area (TPSA) is 97.0 Å². The minimum absolute atomic E-state index is 0.0104. The average Bonchev–Trinajstić information content (AvgIpc) is 3.10. The van der Waals surface area contributed by atoms with Crippen molar-refractivity contribution in [3.63, 3.8) is 0 Å². The molecule has 7 heteroatoms. The Hall–Kier alpha value is -3.09. The molecule has 25 heavy (non-hydrogen) atoms. The normalized spacial score (nSPS) is 14.2. The first-order valence-corrected chi connectivity index (χ1v) is 8.01. The summed E-state index contributed by atoms with van der Waals surface area (Å²) in [7, 11) is 0. The Kier molecular flexibility index (Phi) is 4.56. The Labute approximate surface area is 145 Å². The van der Waals surface area contributed by atoms with Gasteiger partial charge in [0, 0.05) is 29.6 Å². The third-order valence-electron chi connectivity index (χ3n) is 3.52. The van der Waals surface area contributed by atoms with E-state index in [1.165, 1.54) is 0 Å². The van der Waals surface area contributed by atoms with Gasteiger partial charge < -0.3 is 19.6 Å². The SMILES string of the molecule is CCOC(=O)c1c(NC(C)C)oc(C=C2C=Nc3ncccc32)c1O. The van der Waals surface area contributed by atoms with Gasteiger partial charge in [0.2, 0.25) is 5.88 Å². The number of allylic oxidation sites excluding steroid dienone is 1. The lowest BCUT2D eigenvalue weighted by atomic mass is 10.1. The number of pyridine rings is 1. The predicted molar refractivity (Wildman–Crippen MR) is 95.3 cm³/mol. The van der Waals surface area contributed by atoms with E-state index in [9.17, 15) is 9.90 Å². The lowest BCUT2D eigenvalue weighted by molar-refractivity contribution is 0.0524. The van der Waals surface area contributed by atoms with Crippen molar-refractivity contribution in [2.45, 2.75) is 26.8 Å². The van der Waals surface area contributed by atoms with Gasteiger partial charge >= 0.3 is 5.97 Å². The molecule has 0 fully saturated rings. The highest BCUT2D eigenvalue weighted by Crippen LogP contribution is 2.38. The molecular weight excluding hydrogens is 322 g/mol. The fourth-order valence-electron chi connectivity index (χ4n) is 2.48. The number of anilines is 1. The number of nitrogens with one attached hydrogen (secondary N) is 1. The van der Waals surface area contributed by atoms with E-state index in [-0.39, 0.29) is 35.6 Å². The molecule has 0 amide bonds. The molecule has 1 aliphatic heterocycles. The Morgan fingerprint density at radius 3 is 3.00 bits per heavy atom. The van der Waals surface area contributed by atoms with Gasteiger partial charge in [0.1, 0.15) is 0 Å². The Bertz CT molecular complexity index is 865. The second-order valence-corrected chi connectivity index (χ2v) is 5.77. The highest BCUT2D eigenvalue weighted by atomic mass is 16.5. The van der Waals surface area contributed by atoms with Gasteiger partial charge in [0.15, 0.2) is 22.9 Å². The number of carbonyl (C=O) groups is 1. The molecule has 0 radical (unpaired) electrons. The van der Waals surface area contributed by atoms with Gasteiger partial charge in [-0.15, -0.1) is 0 Å². The number of carbonyl (C=O) groups excluding carboxylic acids is 1. The van der Waals surface area contributed by atoms with Crippen molar-refractivity contribution in [2.24, 2.45) is 4.99 Å². The van der Waals surface area contributed by atoms with Gasteiger partial charge in [-0.05, 0) is 39.0 Å². The van der Waals surface area contributed by atoms with Gasteiger partial charge in [0.25, 0.3) is 0 Å². The van der Waals surface area contributed by atoms with Crippen molar-refractivity contribution >= 4 is 35.5 Å². The Morgan fingerprint density at radius 2 is 2.28 bits per heavy atom. The standard InChI is InChI=1S/C18H19N3O4/c1-4-24-18(23)14-15(22)13(25-17(14)21-10(2)3)8-11-9-20-16-12(11)6-5-7-19-16/h5-10,21-22H,4H2,1-3H3. The van der Waals surface area contributed by atoms with Crippen LogP contribution in [0.2, 0.25) is 0 Å². The van der Waals surface area contributed by atoms with E-state index in [1.54, 1.807) is 31.5 Å². The van der Waals surface area contributed by atoms with E-state index < -0.39 is 5.97 Å². The van der Waals surface area contributed by atoms with E-state index in [4.69, 9.17) is 9.15 Å². The van der Waals surface area contributed by atoms with E-state index in [2.05, 4.69) is 15.3 Å². The van der Waals surface area contributed by atoms with Crippen LogP contribution in [-0.4, -0.2) is 34.9 Å². The molecule has 0 aromatic carbocycles. The van der Waals surface area contributed by atoms with Crippen LogP contribution in [0.15, 0.2) is 27.7 Å². The van der Waals surface area contributed by atoms with Crippen molar-refractivity contribution in [1.82, 2.24) is 4.98 Å². The average molecular weight is 341 g/mol. The number of furan rings is 1. The summed E-state index contributed by atoms with van der Waals surface area (Å²) in [4.78, 5) is 20.6. The number of aromatic hydroxyl groups is 1. The van der Waals surface area contributed by atoms with Crippen LogP contribution in [0.1, 0.15) is 42.5 Å². The molecule has 1 aliphatic rings. The van der Waals surface area contributed by atoms with Crippen LogP contribution in [0.5, 0.6) is 5.75 Å². The molecule has 0 spiro atoms. The summed E-state index contributed by atoms with van der Waals surface area (Å²) < 4.78 is 10.7. The van der Waals surface area contributed by atoms with Crippen LogP contribution in [0.4, 0.5) is 11.7 Å². The molecule has 3 heterocycles. The van der Waals surface area contributed by atoms with E-state index in [1.807, 2.05) is 19.9 Å². The van der Waals surface area contributed by atoms with Crippen LogP contribution in [0, 0.1) is 0 Å². The highest BCUT2D eigenvalue weighted by Gasteiger charge is 2.27. The molecule has 130 valence electrons. The monoisotopic (exact) mass is 341 g/mol. The number of rotatable bonds is 5. The lowest BCUT2D eigenvalue weighted by Gasteiger charge is -2.08. The summed E-state index contributed by atoms with van der Waals surface area (Å²) in [6, 6.07) is 3.69. The molecule has 2 aromatic rings. The van der Waals surface area contributed by atoms with Crippen molar-refractivity contribution in [1.29, 1.82) is 0 Å². The highest BCUT2D eigenvalue weighted by molar-refractivity contribution is 6.21. The zero-order chi connectivity index (χ0) is 18.0. The van der Waals surface area contributed by atoms with Crippen LogP contribution in [-0.2, 0) is 4.74 Å². The maximum atomic E-state index is 12.2. The molecule has 0 saturated carbocycles. The number of ether oxygens (including phenoxy) is 1. The smallest absolute Gasteiger partial charge is 0.347 e. The zero-order valence-electron chi connectivity index (χ0n) is 14.2. The van der Waals surface area contributed by atoms with E-state index >= 15 is 0 Å². The van der Waals surface area contributed by atoms with Crippen molar-refractivity contribution in [3.05, 3.63) is 35.2 Å². The van der Waals surface area contributed by atoms with Gasteiger partial charge in [-0.25, -0.2) is 14.8 Å². The number of esters is 1. The third-order valence-corrected chi connectivity index (χ3v) is 3.52. The first-order valence-electron chi connectivity index (χ1n) is 8.01. The number of aromatic nitrogens is 1. The van der Waals surface area contributed by atoms with Crippen LogP contribution in [0.3, 0.4) is 0 Å². The molecule has 0 saturated heterocycles. The lowest BCUT2D eigenvalue weighted by Crippen LogP contribution is -2.13. The molecule has 2 N–H and O–H groups in total. The maximum Gasteiger partial charge on any atom is 0.347 e. The maximum absolute atomic E-state index is 12.2. The fraction of sp³-hybridized carbons (Fsp3) is 0.278. The largest absolute Gasteiger partial charge is 0.504 e. The van der Waals surface area contributed by atoms with Gasteiger partial charge in [-0.2, -0.15) is 0 Å². The molecule has 0 unspecified atom stereocenters. The first-order chi connectivity index (χ1) is 12.0. The molecular formula is C18H19N3O4. The summed E-state index contributed by atoms with van der Waals surface area (Å²) in [5.41, 5.74) is 1.55. The summed E-state index contributed by atoms with van der Waals surface area (Å²) >= 11 is 0. The number of aliphatic imine (C=N–C) groups is 1. The Balaban J connectivity index is 2.04. The van der Waals surface area contributed by atoms with Gasteiger partial charge in [-0.1, -0.05) is 0 Å². The molecule has 2 aromatic heterocycles. The summed E-state index contributed by atoms with van der Waals surface area (Å²) in [5.74, 6) is 0.0352.